The summed E-state index contributed by atoms with van der Waals surface area (Å²) in [6, 6.07) is 9.59. The smallest absolute Gasteiger partial charge is 0.412 e. The minimum atomic E-state index is -0.473. The molecule has 3 rings (SSSR count). The van der Waals surface area contributed by atoms with Gasteiger partial charge in [0.25, 0.3) is 0 Å². The van der Waals surface area contributed by atoms with Crippen LogP contribution in [0, 0.1) is 5.92 Å². The Morgan fingerprint density at radius 2 is 2.09 bits per heavy atom. The summed E-state index contributed by atoms with van der Waals surface area (Å²) in [6.45, 7) is 2.75. The van der Waals surface area contributed by atoms with E-state index in [0.717, 1.165) is 38.2 Å². The molecule has 0 bridgehead atoms. The number of ether oxygens (including phenoxy) is 2. The predicted molar refractivity (Wildman–Crippen MR) is 86.0 cm³/mol. The van der Waals surface area contributed by atoms with Crippen molar-refractivity contribution in [2.75, 3.05) is 18.5 Å². The lowest BCUT2D eigenvalue weighted by atomic mass is 10.0. The molecule has 1 fully saturated rings. The van der Waals surface area contributed by atoms with Crippen molar-refractivity contribution in [2.24, 2.45) is 5.92 Å². The van der Waals surface area contributed by atoms with Crippen LogP contribution in [0.5, 0.6) is 0 Å². The van der Waals surface area contributed by atoms with E-state index in [1.54, 1.807) is 6.20 Å². The van der Waals surface area contributed by atoms with E-state index in [9.17, 15) is 4.79 Å². The molecule has 6 nitrogen and oxygen atoms in total. The second-order valence-corrected chi connectivity index (χ2v) is 5.69. The van der Waals surface area contributed by atoms with Gasteiger partial charge in [0.2, 0.25) is 0 Å². The van der Waals surface area contributed by atoms with Crippen molar-refractivity contribution in [2.45, 2.75) is 26.0 Å². The van der Waals surface area contributed by atoms with Crippen molar-refractivity contribution in [1.29, 1.82) is 0 Å². The fourth-order valence-electron chi connectivity index (χ4n) is 2.60. The Labute approximate surface area is 135 Å². The maximum atomic E-state index is 11.8. The van der Waals surface area contributed by atoms with E-state index >= 15 is 0 Å². The standard InChI is InChI=1S/C17H21N3O3/c21-17(23-13-15-4-2-1-3-5-15)19-16-10-18-20(12-16)11-14-6-8-22-9-7-14/h1-5,10,12,14H,6-9,11,13H2,(H,19,21). The zero-order chi connectivity index (χ0) is 15.9. The molecule has 0 aliphatic carbocycles. The molecule has 2 aromatic rings. The van der Waals surface area contributed by atoms with Gasteiger partial charge >= 0.3 is 6.09 Å². The maximum absolute atomic E-state index is 11.8. The van der Waals surface area contributed by atoms with Gasteiger partial charge in [-0.05, 0) is 24.3 Å². The molecule has 0 unspecified atom stereocenters. The molecule has 0 radical (unpaired) electrons. The van der Waals surface area contributed by atoms with Crippen LogP contribution >= 0.6 is 0 Å². The largest absolute Gasteiger partial charge is 0.444 e. The van der Waals surface area contributed by atoms with Crippen LogP contribution in [0.25, 0.3) is 0 Å². The van der Waals surface area contributed by atoms with Crippen LogP contribution in [0.1, 0.15) is 18.4 Å². The van der Waals surface area contributed by atoms with Crippen molar-refractivity contribution in [3.8, 4) is 0 Å². The van der Waals surface area contributed by atoms with Gasteiger partial charge in [-0.2, -0.15) is 5.10 Å². The molecule has 122 valence electrons. The van der Waals surface area contributed by atoms with Gasteiger partial charge in [0.1, 0.15) is 6.61 Å². The molecule has 0 atom stereocenters. The molecular formula is C17H21N3O3. The van der Waals surface area contributed by atoms with Crippen LogP contribution in [-0.2, 0) is 22.6 Å². The summed E-state index contributed by atoms with van der Waals surface area (Å²) >= 11 is 0. The van der Waals surface area contributed by atoms with Gasteiger partial charge < -0.3 is 9.47 Å². The normalized spacial score (nSPS) is 15.3. The quantitative estimate of drug-likeness (QED) is 0.921. The number of nitrogens with zero attached hydrogens (tertiary/aromatic N) is 2. The Kier molecular flexibility index (Phi) is 5.26. The lowest BCUT2D eigenvalue weighted by Crippen LogP contribution is -2.20. The molecule has 1 N–H and O–H groups in total. The minimum Gasteiger partial charge on any atom is -0.444 e. The Balaban J connectivity index is 1.45. The van der Waals surface area contributed by atoms with Gasteiger partial charge in [0.15, 0.2) is 0 Å². The SMILES string of the molecule is O=C(Nc1cnn(CC2CCOCC2)c1)OCc1ccccc1. The van der Waals surface area contributed by atoms with Crippen molar-refractivity contribution in [3.63, 3.8) is 0 Å². The van der Waals surface area contributed by atoms with Crippen LogP contribution in [0.15, 0.2) is 42.7 Å². The summed E-state index contributed by atoms with van der Waals surface area (Å²) in [4.78, 5) is 11.8. The van der Waals surface area contributed by atoms with Gasteiger partial charge in [-0.25, -0.2) is 4.79 Å². The van der Waals surface area contributed by atoms with Gasteiger partial charge in [-0.15, -0.1) is 0 Å². The van der Waals surface area contributed by atoms with E-state index in [2.05, 4.69) is 10.4 Å². The molecule has 1 aromatic carbocycles. The third kappa shape index (κ3) is 4.82. The fourth-order valence-corrected chi connectivity index (χ4v) is 2.60. The summed E-state index contributed by atoms with van der Waals surface area (Å²) < 4.78 is 12.4. The van der Waals surface area contributed by atoms with Crippen LogP contribution < -0.4 is 5.32 Å². The molecule has 6 heteroatoms. The highest BCUT2D eigenvalue weighted by Gasteiger charge is 2.15. The Morgan fingerprint density at radius 3 is 2.87 bits per heavy atom. The summed E-state index contributed by atoms with van der Waals surface area (Å²) in [5.74, 6) is 0.585. The number of hydrogen-bond donors (Lipinski definition) is 1. The van der Waals surface area contributed by atoms with E-state index < -0.39 is 6.09 Å². The zero-order valence-electron chi connectivity index (χ0n) is 13.0. The van der Waals surface area contributed by atoms with Crippen molar-refractivity contribution in [3.05, 3.63) is 48.3 Å². The van der Waals surface area contributed by atoms with E-state index in [0.29, 0.717) is 11.6 Å². The van der Waals surface area contributed by atoms with Crippen molar-refractivity contribution >= 4 is 11.8 Å². The lowest BCUT2D eigenvalue weighted by Gasteiger charge is -2.21. The molecule has 1 aliphatic heterocycles. The average Bonchev–Trinajstić information content (AvgIpc) is 3.02. The van der Waals surface area contributed by atoms with Crippen LogP contribution in [-0.4, -0.2) is 29.1 Å². The first-order valence-corrected chi connectivity index (χ1v) is 7.87. The summed E-state index contributed by atoms with van der Waals surface area (Å²) in [5, 5.41) is 6.99. The Bertz CT molecular complexity index is 621. The highest BCUT2D eigenvalue weighted by Crippen LogP contribution is 2.17. The van der Waals surface area contributed by atoms with E-state index in [1.807, 2.05) is 41.2 Å². The monoisotopic (exact) mass is 315 g/mol. The number of amides is 1. The van der Waals surface area contributed by atoms with Crippen LogP contribution in [0.3, 0.4) is 0 Å². The first-order valence-electron chi connectivity index (χ1n) is 7.87. The van der Waals surface area contributed by atoms with Gasteiger partial charge in [0, 0.05) is 26.0 Å². The molecule has 1 saturated heterocycles. The van der Waals surface area contributed by atoms with Crippen LogP contribution in [0.2, 0.25) is 0 Å². The predicted octanol–water partition coefficient (Wildman–Crippen LogP) is 3.06. The van der Waals surface area contributed by atoms with E-state index in [1.165, 1.54) is 0 Å². The molecule has 1 aliphatic rings. The number of anilines is 1. The highest BCUT2D eigenvalue weighted by atomic mass is 16.5. The maximum Gasteiger partial charge on any atom is 0.412 e. The van der Waals surface area contributed by atoms with Gasteiger partial charge in [-0.3, -0.25) is 10.00 Å². The van der Waals surface area contributed by atoms with E-state index in [4.69, 9.17) is 9.47 Å². The number of rotatable bonds is 5. The van der Waals surface area contributed by atoms with Crippen molar-refractivity contribution < 1.29 is 14.3 Å². The first-order chi connectivity index (χ1) is 11.3. The summed E-state index contributed by atoms with van der Waals surface area (Å²) in [7, 11) is 0. The summed E-state index contributed by atoms with van der Waals surface area (Å²) in [6.07, 6.45) is 5.12. The third-order valence-electron chi connectivity index (χ3n) is 3.88. The molecule has 1 aromatic heterocycles. The second-order valence-electron chi connectivity index (χ2n) is 5.69. The Hall–Kier alpha value is -2.34. The van der Waals surface area contributed by atoms with Gasteiger partial charge in [-0.1, -0.05) is 30.3 Å². The molecule has 0 saturated carbocycles. The first kappa shape index (κ1) is 15.6. The lowest BCUT2D eigenvalue weighted by molar-refractivity contribution is 0.0601. The topological polar surface area (TPSA) is 65.4 Å². The number of benzene rings is 1. The number of carbonyl (C=O) groups excluding carboxylic acids is 1. The molecule has 1 amide bonds. The number of aromatic nitrogens is 2. The fraction of sp³-hybridized carbons (Fsp3) is 0.412. The van der Waals surface area contributed by atoms with Gasteiger partial charge in [0.05, 0.1) is 11.9 Å². The van der Waals surface area contributed by atoms with Crippen LogP contribution in [0.4, 0.5) is 10.5 Å². The number of carbonyl (C=O) groups is 1. The zero-order valence-corrected chi connectivity index (χ0v) is 13.0. The molecular weight excluding hydrogens is 294 g/mol. The molecule has 2 heterocycles. The Morgan fingerprint density at radius 1 is 1.30 bits per heavy atom. The highest BCUT2D eigenvalue weighted by molar-refractivity contribution is 5.84. The number of nitrogens with one attached hydrogen (secondary N) is 1. The van der Waals surface area contributed by atoms with E-state index in [-0.39, 0.29) is 6.61 Å². The third-order valence-corrected chi connectivity index (χ3v) is 3.88. The average molecular weight is 315 g/mol. The molecule has 23 heavy (non-hydrogen) atoms. The molecule has 0 spiro atoms. The second kappa shape index (κ2) is 7.78. The minimum absolute atomic E-state index is 0.253. The summed E-state index contributed by atoms with van der Waals surface area (Å²) in [5.41, 5.74) is 1.60. The van der Waals surface area contributed by atoms with Crippen molar-refractivity contribution in [1.82, 2.24) is 9.78 Å². The number of hydrogen-bond acceptors (Lipinski definition) is 4.